The molecule has 1 aliphatic heterocycles. The van der Waals surface area contributed by atoms with Gasteiger partial charge in [0.05, 0.1) is 23.4 Å². The number of aryl methyl sites for hydroxylation is 1. The number of fused-ring (bicyclic) bond motifs is 1. The molecular formula is C20H23FN4O3S. The maximum Gasteiger partial charge on any atom is 0.310 e. The van der Waals surface area contributed by atoms with Gasteiger partial charge < -0.3 is 9.84 Å². The van der Waals surface area contributed by atoms with Gasteiger partial charge in [-0.2, -0.15) is 4.52 Å². The molecule has 1 fully saturated rings. The standard InChI is InChI=1S/C20H23FN4O3S/c1-3-28-19(27)13-7-6-10-24(11-13)16(14-8-4-5-9-15(14)21)17-18(26)25-20(29-17)22-12(2)23-25/h4-5,8-9,13,16,26H,3,6-7,10-11H2,1-2H3. The number of nitrogens with zero attached hydrogens (tertiary/aromatic N) is 4. The first-order valence-electron chi connectivity index (χ1n) is 9.69. The van der Waals surface area contributed by atoms with E-state index in [0.29, 0.717) is 40.9 Å². The van der Waals surface area contributed by atoms with Gasteiger partial charge in [-0.3, -0.25) is 9.69 Å². The lowest BCUT2D eigenvalue weighted by Gasteiger charge is -2.37. The van der Waals surface area contributed by atoms with E-state index in [9.17, 15) is 14.3 Å². The highest BCUT2D eigenvalue weighted by atomic mass is 32.1. The van der Waals surface area contributed by atoms with Gasteiger partial charge in [-0.05, 0) is 39.3 Å². The molecule has 2 unspecified atom stereocenters. The minimum atomic E-state index is -0.540. The number of ether oxygens (including phenoxy) is 1. The van der Waals surface area contributed by atoms with Crippen LogP contribution in [-0.4, -0.2) is 50.3 Å². The predicted octanol–water partition coefficient (Wildman–Crippen LogP) is 3.31. The summed E-state index contributed by atoms with van der Waals surface area (Å²) >= 11 is 1.28. The number of aromatic hydroxyl groups is 1. The van der Waals surface area contributed by atoms with Crippen LogP contribution in [0.1, 0.15) is 42.1 Å². The molecule has 0 aliphatic carbocycles. The molecule has 1 N–H and O–H groups in total. The second kappa shape index (κ2) is 8.08. The Morgan fingerprint density at radius 1 is 1.45 bits per heavy atom. The molecule has 2 aromatic heterocycles. The Morgan fingerprint density at radius 2 is 2.24 bits per heavy atom. The number of hydrogen-bond acceptors (Lipinski definition) is 7. The minimum absolute atomic E-state index is 0.0443. The molecule has 1 aliphatic rings. The first-order valence-corrected chi connectivity index (χ1v) is 10.5. The normalized spacial score (nSPS) is 18.8. The predicted molar refractivity (Wildman–Crippen MR) is 106 cm³/mol. The summed E-state index contributed by atoms with van der Waals surface area (Å²) in [4.78, 5) is 19.8. The van der Waals surface area contributed by atoms with Gasteiger partial charge in [0.1, 0.15) is 11.6 Å². The fourth-order valence-electron chi connectivity index (χ4n) is 3.92. The Bertz CT molecular complexity index is 1030. The Morgan fingerprint density at radius 3 is 2.97 bits per heavy atom. The van der Waals surface area contributed by atoms with Gasteiger partial charge >= 0.3 is 5.97 Å². The van der Waals surface area contributed by atoms with Crippen LogP contribution in [0.4, 0.5) is 4.39 Å². The van der Waals surface area contributed by atoms with Crippen LogP contribution in [0.2, 0.25) is 0 Å². The molecule has 29 heavy (non-hydrogen) atoms. The maximum absolute atomic E-state index is 14.8. The first-order chi connectivity index (χ1) is 14.0. The number of rotatable bonds is 5. The fraction of sp³-hybridized carbons (Fsp3) is 0.450. The van der Waals surface area contributed by atoms with Crippen molar-refractivity contribution >= 4 is 22.3 Å². The molecule has 0 amide bonds. The third kappa shape index (κ3) is 3.72. The van der Waals surface area contributed by atoms with Gasteiger partial charge in [-0.1, -0.05) is 29.5 Å². The van der Waals surface area contributed by atoms with Gasteiger partial charge in [0, 0.05) is 12.1 Å². The lowest BCUT2D eigenvalue weighted by molar-refractivity contribution is -0.150. The zero-order valence-electron chi connectivity index (χ0n) is 16.3. The van der Waals surface area contributed by atoms with Gasteiger partial charge in [-0.15, -0.1) is 5.10 Å². The van der Waals surface area contributed by atoms with Crippen molar-refractivity contribution in [3.63, 3.8) is 0 Å². The smallest absolute Gasteiger partial charge is 0.310 e. The average molecular weight is 418 g/mol. The van der Waals surface area contributed by atoms with E-state index in [2.05, 4.69) is 10.1 Å². The lowest BCUT2D eigenvalue weighted by Crippen LogP contribution is -2.41. The summed E-state index contributed by atoms with van der Waals surface area (Å²) in [6.07, 6.45) is 1.52. The van der Waals surface area contributed by atoms with Crippen molar-refractivity contribution in [2.75, 3.05) is 19.7 Å². The topological polar surface area (TPSA) is 80.0 Å². The van der Waals surface area contributed by atoms with Crippen LogP contribution >= 0.6 is 11.3 Å². The molecule has 7 nitrogen and oxygen atoms in total. The highest BCUT2D eigenvalue weighted by Crippen LogP contribution is 2.42. The van der Waals surface area contributed by atoms with Crippen LogP contribution in [0, 0.1) is 18.7 Å². The van der Waals surface area contributed by atoms with Crippen molar-refractivity contribution in [1.82, 2.24) is 19.5 Å². The first kappa shape index (κ1) is 19.8. The molecule has 3 heterocycles. The number of halogens is 1. The number of thiazole rings is 1. The van der Waals surface area contributed by atoms with Crippen molar-refractivity contribution in [2.24, 2.45) is 5.92 Å². The molecule has 3 aromatic rings. The van der Waals surface area contributed by atoms with E-state index >= 15 is 0 Å². The SMILES string of the molecule is CCOC(=O)C1CCCN(C(c2ccccc2F)c2sc3nc(C)nn3c2O)C1. The number of benzene rings is 1. The van der Waals surface area contributed by atoms with Gasteiger partial charge in [0.2, 0.25) is 10.8 Å². The van der Waals surface area contributed by atoms with E-state index in [-0.39, 0.29) is 23.6 Å². The Balaban J connectivity index is 1.76. The number of aromatic nitrogens is 3. The van der Waals surface area contributed by atoms with E-state index in [4.69, 9.17) is 4.74 Å². The summed E-state index contributed by atoms with van der Waals surface area (Å²) in [7, 11) is 0. The van der Waals surface area contributed by atoms with E-state index in [1.165, 1.54) is 21.9 Å². The number of hydrogen-bond donors (Lipinski definition) is 1. The largest absolute Gasteiger partial charge is 0.492 e. The third-order valence-electron chi connectivity index (χ3n) is 5.19. The number of piperidine rings is 1. The number of carbonyl (C=O) groups is 1. The van der Waals surface area contributed by atoms with Crippen molar-refractivity contribution in [3.8, 4) is 5.88 Å². The Hall–Kier alpha value is -2.52. The second-order valence-corrected chi connectivity index (χ2v) is 8.16. The van der Waals surface area contributed by atoms with E-state index in [0.717, 1.165) is 12.8 Å². The monoisotopic (exact) mass is 418 g/mol. The minimum Gasteiger partial charge on any atom is -0.492 e. The molecule has 1 aromatic carbocycles. The fourth-order valence-corrected chi connectivity index (χ4v) is 5.07. The van der Waals surface area contributed by atoms with Crippen LogP contribution < -0.4 is 0 Å². The van der Waals surface area contributed by atoms with Crippen molar-refractivity contribution in [1.29, 1.82) is 0 Å². The van der Waals surface area contributed by atoms with Crippen LogP contribution in [-0.2, 0) is 9.53 Å². The highest BCUT2D eigenvalue weighted by Gasteiger charge is 2.36. The molecule has 1 saturated heterocycles. The number of carbonyl (C=O) groups excluding carboxylic acids is 1. The van der Waals surface area contributed by atoms with Crippen molar-refractivity contribution < 1.29 is 19.0 Å². The molecule has 154 valence electrons. The van der Waals surface area contributed by atoms with E-state index in [1.807, 2.05) is 4.90 Å². The van der Waals surface area contributed by atoms with E-state index in [1.54, 1.807) is 32.0 Å². The molecule has 0 spiro atoms. The summed E-state index contributed by atoms with van der Waals surface area (Å²) in [5.74, 6) is -0.347. The summed E-state index contributed by atoms with van der Waals surface area (Å²) in [6.45, 7) is 4.99. The molecule has 0 radical (unpaired) electrons. The second-order valence-electron chi connectivity index (χ2n) is 7.15. The van der Waals surface area contributed by atoms with Gasteiger partial charge in [0.25, 0.3) is 0 Å². The Labute approximate surface area is 171 Å². The zero-order chi connectivity index (χ0) is 20.5. The molecule has 2 atom stereocenters. The maximum atomic E-state index is 14.8. The zero-order valence-corrected chi connectivity index (χ0v) is 17.2. The summed E-state index contributed by atoms with van der Waals surface area (Å²) in [5.41, 5.74) is 0.452. The summed E-state index contributed by atoms with van der Waals surface area (Å²) in [6, 6.07) is 6.00. The summed E-state index contributed by atoms with van der Waals surface area (Å²) in [5, 5.41) is 15.1. The van der Waals surface area contributed by atoms with Crippen LogP contribution in [0.25, 0.3) is 4.96 Å². The number of esters is 1. The number of likely N-dealkylation sites (tertiary alicyclic amines) is 1. The average Bonchev–Trinajstić information content (AvgIpc) is 3.21. The summed E-state index contributed by atoms with van der Waals surface area (Å²) < 4.78 is 21.4. The lowest BCUT2D eigenvalue weighted by atomic mass is 9.94. The molecule has 0 bridgehead atoms. The van der Waals surface area contributed by atoms with Gasteiger partial charge in [-0.25, -0.2) is 9.37 Å². The molecule has 0 saturated carbocycles. The van der Waals surface area contributed by atoms with Crippen molar-refractivity contribution in [3.05, 3.63) is 46.3 Å². The van der Waals surface area contributed by atoms with Gasteiger partial charge in [0.15, 0.2) is 0 Å². The van der Waals surface area contributed by atoms with Crippen LogP contribution in [0.3, 0.4) is 0 Å². The molecule has 4 rings (SSSR count). The molecule has 9 heteroatoms. The quantitative estimate of drug-likeness (QED) is 0.641. The van der Waals surface area contributed by atoms with Crippen molar-refractivity contribution in [2.45, 2.75) is 32.7 Å². The third-order valence-corrected chi connectivity index (χ3v) is 6.26. The van der Waals surface area contributed by atoms with Crippen LogP contribution in [0.15, 0.2) is 24.3 Å². The Kier molecular flexibility index (Phi) is 5.51. The van der Waals surface area contributed by atoms with E-state index < -0.39 is 6.04 Å². The van der Waals surface area contributed by atoms with Crippen LogP contribution in [0.5, 0.6) is 5.88 Å². The molecular weight excluding hydrogens is 395 g/mol. The highest BCUT2D eigenvalue weighted by molar-refractivity contribution is 7.17.